The highest BCUT2D eigenvalue weighted by Gasteiger charge is 2.39. The van der Waals surface area contributed by atoms with E-state index in [1.54, 1.807) is 29.2 Å². The number of hydrogen-bond acceptors (Lipinski definition) is 3. The van der Waals surface area contributed by atoms with E-state index in [2.05, 4.69) is 32.2 Å². The number of urea groups is 1. The number of carbonyl (C=O) groups excluding carboxylic acids is 2. The zero-order chi connectivity index (χ0) is 33.6. The Bertz CT molecular complexity index is 1570. The SMILES string of the molecule is CC(NC(=O)N(Cc1ccc(C(=O)NCC(F)(F)C(=O)O)cc1)c1ccc(C2=CCC(C(C)(C)C)CC2)cc1)c1ccc(Cl)cc1. The maximum absolute atomic E-state index is 13.7. The van der Waals surface area contributed by atoms with E-state index in [0.29, 0.717) is 22.2 Å². The van der Waals surface area contributed by atoms with Gasteiger partial charge in [0.15, 0.2) is 0 Å². The highest BCUT2D eigenvalue weighted by atomic mass is 35.5. The lowest BCUT2D eigenvalue weighted by Crippen LogP contribution is -2.42. The maximum atomic E-state index is 13.7. The van der Waals surface area contributed by atoms with Crippen LogP contribution in [0.2, 0.25) is 5.02 Å². The third-order valence-electron chi connectivity index (χ3n) is 8.48. The molecule has 0 aliphatic heterocycles. The number of nitrogens with one attached hydrogen (secondary N) is 2. The Morgan fingerprint density at radius 3 is 2.15 bits per heavy atom. The molecule has 2 unspecified atom stereocenters. The molecule has 46 heavy (non-hydrogen) atoms. The van der Waals surface area contributed by atoms with Gasteiger partial charge in [0.2, 0.25) is 0 Å². The summed E-state index contributed by atoms with van der Waals surface area (Å²) in [7, 11) is 0. The second-order valence-electron chi connectivity index (χ2n) is 12.8. The molecule has 10 heteroatoms. The summed E-state index contributed by atoms with van der Waals surface area (Å²) in [6.07, 6.45) is 5.49. The number of amides is 3. The Kier molecular flexibility index (Phi) is 10.9. The molecule has 3 amide bonds. The summed E-state index contributed by atoms with van der Waals surface area (Å²) in [4.78, 5) is 38.3. The van der Waals surface area contributed by atoms with Crippen LogP contribution in [0.1, 0.15) is 80.0 Å². The molecule has 1 aliphatic carbocycles. The number of alkyl halides is 2. The predicted molar refractivity (Wildman–Crippen MR) is 177 cm³/mol. The lowest BCUT2D eigenvalue weighted by molar-refractivity contribution is -0.163. The maximum Gasteiger partial charge on any atom is 0.376 e. The molecule has 3 aromatic rings. The van der Waals surface area contributed by atoms with Gasteiger partial charge in [-0.25, -0.2) is 9.59 Å². The lowest BCUT2D eigenvalue weighted by atomic mass is 9.72. The van der Waals surface area contributed by atoms with Crippen molar-refractivity contribution in [2.45, 2.75) is 65.5 Å². The van der Waals surface area contributed by atoms with E-state index in [9.17, 15) is 23.2 Å². The Morgan fingerprint density at radius 2 is 1.61 bits per heavy atom. The summed E-state index contributed by atoms with van der Waals surface area (Å²) in [5, 5.41) is 14.2. The molecular weight excluding hydrogens is 612 g/mol. The average molecular weight is 652 g/mol. The van der Waals surface area contributed by atoms with E-state index in [1.807, 2.05) is 48.6 Å². The second kappa shape index (κ2) is 14.5. The fourth-order valence-corrected chi connectivity index (χ4v) is 5.56. The summed E-state index contributed by atoms with van der Waals surface area (Å²) < 4.78 is 26.8. The van der Waals surface area contributed by atoms with Crippen LogP contribution in [0.15, 0.2) is 78.9 Å². The molecule has 3 aromatic carbocycles. The number of benzene rings is 3. The Morgan fingerprint density at radius 1 is 0.978 bits per heavy atom. The Balaban J connectivity index is 1.53. The van der Waals surface area contributed by atoms with E-state index in [4.69, 9.17) is 16.7 Å². The van der Waals surface area contributed by atoms with Crippen molar-refractivity contribution in [1.82, 2.24) is 10.6 Å². The highest BCUT2D eigenvalue weighted by molar-refractivity contribution is 6.30. The number of rotatable bonds is 10. The van der Waals surface area contributed by atoms with E-state index in [-0.39, 0.29) is 29.6 Å². The van der Waals surface area contributed by atoms with Crippen LogP contribution in [-0.4, -0.2) is 35.5 Å². The monoisotopic (exact) mass is 651 g/mol. The summed E-state index contributed by atoms with van der Waals surface area (Å²) in [6.45, 7) is 7.56. The average Bonchev–Trinajstić information content (AvgIpc) is 3.02. The first kappa shape index (κ1) is 34.6. The fourth-order valence-electron chi connectivity index (χ4n) is 5.43. The molecule has 0 heterocycles. The molecule has 0 saturated heterocycles. The third-order valence-corrected chi connectivity index (χ3v) is 8.73. The molecule has 2 atom stereocenters. The minimum absolute atomic E-state index is 0.0797. The van der Waals surface area contributed by atoms with Crippen LogP contribution in [0.25, 0.3) is 5.57 Å². The highest BCUT2D eigenvalue weighted by Crippen LogP contribution is 2.40. The van der Waals surface area contributed by atoms with Gasteiger partial charge < -0.3 is 15.7 Å². The zero-order valence-electron chi connectivity index (χ0n) is 26.4. The number of anilines is 1. The molecule has 7 nitrogen and oxygen atoms in total. The van der Waals surface area contributed by atoms with Crippen LogP contribution in [-0.2, 0) is 11.3 Å². The van der Waals surface area contributed by atoms with E-state index in [1.165, 1.54) is 17.7 Å². The number of halogens is 3. The van der Waals surface area contributed by atoms with Crippen molar-refractivity contribution in [3.63, 3.8) is 0 Å². The second-order valence-corrected chi connectivity index (χ2v) is 13.2. The molecule has 3 N–H and O–H groups in total. The Labute approximate surface area is 273 Å². The molecule has 1 aliphatic rings. The van der Waals surface area contributed by atoms with Crippen molar-refractivity contribution in [3.8, 4) is 0 Å². The predicted octanol–water partition coefficient (Wildman–Crippen LogP) is 8.50. The summed E-state index contributed by atoms with van der Waals surface area (Å²) in [5.41, 5.74) is 5.01. The van der Waals surface area contributed by atoms with Crippen LogP contribution in [0.4, 0.5) is 19.3 Å². The molecular formula is C36H40ClF2N3O4. The van der Waals surface area contributed by atoms with Gasteiger partial charge in [-0.05, 0) is 96.2 Å². The number of hydrogen-bond donors (Lipinski definition) is 3. The molecule has 0 spiro atoms. The van der Waals surface area contributed by atoms with Crippen molar-refractivity contribution < 1.29 is 28.3 Å². The largest absolute Gasteiger partial charge is 0.477 e. The number of aliphatic carboxylic acids is 1. The van der Waals surface area contributed by atoms with Crippen LogP contribution < -0.4 is 15.5 Å². The van der Waals surface area contributed by atoms with Crippen molar-refractivity contribution in [2.24, 2.45) is 11.3 Å². The minimum atomic E-state index is -4.08. The molecule has 244 valence electrons. The minimum Gasteiger partial charge on any atom is -0.477 e. The van der Waals surface area contributed by atoms with E-state index in [0.717, 1.165) is 30.4 Å². The van der Waals surface area contributed by atoms with Gasteiger partial charge in [0.1, 0.15) is 0 Å². The van der Waals surface area contributed by atoms with Crippen LogP contribution >= 0.6 is 11.6 Å². The summed E-state index contributed by atoms with van der Waals surface area (Å²) in [5.74, 6) is -6.59. The lowest BCUT2D eigenvalue weighted by Gasteiger charge is -2.33. The normalized spacial score (nSPS) is 15.8. The third kappa shape index (κ3) is 8.94. The van der Waals surface area contributed by atoms with Crippen molar-refractivity contribution in [3.05, 3.63) is 106 Å². The first-order valence-electron chi connectivity index (χ1n) is 15.3. The quantitative estimate of drug-likeness (QED) is 0.205. The number of nitrogens with zero attached hydrogens (tertiary/aromatic N) is 1. The van der Waals surface area contributed by atoms with Gasteiger partial charge in [-0.15, -0.1) is 0 Å². The molecule has 0 saturated carbocycles. The number of carboxylic acids is 1. The Hall–Kier alpha value is -4.24. The van der Waals surface area contributed by atoms with Crippen LogP contribution in [0.3, 0.4) is 0 Å². The summed E-state index contributed by atoms with van der Waals surface area (Å²) >= 11 is 6.04. The van der Waals surface area contributed by atoms with Crippen molar-refractivity contribution in [2.75, 3.05) is 11.4 Å². The van der Waals surface area contributed by atoms with Crippen molar-refractivity contribution >= 4 is 40.8 Å². The van der Waals surface area contributed by atoms with E-state index >= 15 is 0 Å². The number of carboxylic acid groups (broad SMARTS) is 1. The molecule has 0 fully saturated rings. The molecule has 0 aromatic heterocycles. The van der Waals surface area contributed by atoms with Gasteiger partial charge in [-0.1, -0.05) is 74.8 Å². The van der Waals surface area contributed by atoms with Crippen LogP contribution in [0, 0.1) is 11.3 Å². The smallest absolute Gasteiger partial charge is 0.376 e. The van der Waals surface area contributed by atoms with Gasteiger partial charge in [0.25, 0.3) is 5.91 Å². The van der Waals surface area contributed by atoms with Gasteiger partial charge in [0, 0.05) is 16.3 Å². The first-order valence-corrected chi connectivity index (χ1v) is 15.6. The number of carbonyl (C=O) groups is 3. The van der Waals surface area contributed by atoms with Gasteiger partial charge in [0.05, 0.1) is 19.1 Å². The number of allylic oxidation sites excluding steroid dienone is 2. The van der Waals surface area contributed by atoms with Gasteiger partial charge >= 0.3 is 17.9 Å². The van der Waals surface area contributed by atoms with Crippen LogP contribution in [0.5, 0.6) is 0 Å². The zero-order valence-corrected chi connectivity index (χ0v) is 27.2. The fraction of sp³-hybridized carbons (Fsp3) is 0.361. The molecule has 0 bridgehead atoms. The van der Waals surface area contributed by atoms with Gasteiger partial charge in [-0.2, -0.15) is 8.78 Å². The van der Waals surface area contributed by atoms with E-state index < -0.39 is 24.3 Å². The first-order chi connectivity index (χ1) is 21.6. The van der Waals surface area contributed by atoms with Crippen molar-refractivity contribution in [1.29, 1.82) is 0 Å². The molecule has 4 rings (SSSR count). The standard InChI is InChI=1S/C36H40ClF2N3O4/c1-23(25-11-17-30(37)18-12-25)41-34(46)42(21-24-5-7-28(8-6-24)32(43)40-22-36(38,39)33(44)45)31-19-13-27(14-20-31)26-9-15-29(16-10-26)35(2,3)4/h5-9,11-14,17-20,23,29H,10,15-16,21-22H2,1-4H3,(H,40,43)(H,41,46)(H,44,45). The molecule has 0 radical (unpaired) electrons. The van der Waals surface area contributed by atoms with Gasteiger partial charge in [-0.3, -0.25) is 9.69 Å². The topological polar surface area (TPSA) is 98.7 Å². The summed E-state index contributed by atoms with van der Waals surface area (Å²) in [6, 6.07) is 20.6.